The van der Waals surface area contributed by atoms with Gasteiger partial charge >= 0.3 is 0 Å². The number of hydrogen-bond donors (Lipinski definition) is 3. The molecule has 0 radical (unpaired) electrons. The van der Waals surface area contributed by atoms with Gasteiger partial charge in [-0.25, -0.2) is 0 Å². The van der Waals surface area contributed by atoms with E-state index in [1.807, 2.05) is 0 Å². The van der Waals surface area contributed by atoms with Crippen LogP contribution in [-0.4, -0.2) is 23.6 Å². The van der Waals surface area contributed by atoms with E-state index in [-0.39, 0.29) is 5.91 Å². The number of aliphatic hydroxyl groups is 1. The zero-order valence-electron chi connectivity index (χ0n) is 20.3. The molecular formula is C28H40N2O2. The predicted molar refractivity (Wildman–Crippen MR) is 135 cm³/mol. The summed E-state index contributed by atoms with van der Waals surface area (Å²) in [7, 11) is 0. The smallest absolute Gasteiger partial charge is 0.247 e. The number of nitrogens with one attached hydrogen (secondary N) is 2. The van der Waals surface area contributed by atoms with Crippen molar-refractivity contribution in [2.75, 3.05) is 6.54 Å². The summed E-state index contributed by atoms with van der Waals surface area (Å²) in [5.74, 6) is 0.114. The van der Waals surface area contributed by atoms with Gasteiger partial charge in [0.2, 0.25) is 5.91 Å². The van der Waals surface area contributed by atoms with Gasteiger partial charge in [0, 0.05) is 12.2 Å². The Labute approximate surface area is 194 Å². The Balaban J connectivity index is 2.03. The largest absolute Gasteiger partial charge is 0.513 e. The van der Waals surface area contributed by atoms with E-state index in [1.54, 1.807) is 19.2 Å². The molecule has 0 unspecified atom stereocenters. The maximum atomic E-state index is 11.6. The van der Waals surface area contributed by atoms with Gasteiger partial charge in [-0.15, -0.1) is 0 Å². The maximum Gasteiger partial charge on any atom is 0.247 e. The number of carbonyl (C=O) groups is 1. The summed E-state index contributed by atoms with van der Waals surface area (Å²) < 4.78 is 0. The first kappa shape index (κ1) is 25.7. The molecule has 2 rings (SSSR count). The Bertz CT molecular complexity index is 856. The molecule has 1 aromatic carbocycles. The summed E-state index contributed by atoms with van der Waals surface area (Å²) in [5.41, 5.74) is 8.27. The summed E-state index contributed by atoms with van der Waals surface area (Å²) >= 11 is 0. The third-order valence-electron chi connectivity index (χ3n) is 6.19. The van der Waals surface area contributed by atoms with Gasteiger partial charge in [0.25, 0.3) is 0 Å². The molecule has 0 saturated heterocycles. The summed E-state index contributed by atoms with van der Waals surface area (Å²) in [6, 6.07) is 5.31. The van der Waals surface area contributed by atoms with E-state index in [2.05, 4.69) is 56.2 Å². The Hall–Kier alpha value is -2.59. The summed E-state index contributed by atoms with van der Waals surface area (Å²) in [6.45, 7) is 12.6. The average Bonchev–Trinajstić information content (AvgIpc) is 3.18. The number of aryl methyl sites for hydroxylation is 2. The van der Waals surface area contributed by atoms with Crippen LogP contribution in [0.25, 0.3) is 0 Å². The molecule has 0 saturated carbocycles. The molecule has 0 aromatic heterocycles. The lowest BCUT2D eigenvalue weighted by atomic mass is 9.97. The van der Waals surface area contributed by atoms with Crippen LogP contribution in [0.15, 0.2) is 60.0 Å². The summed E-state index contributed by atoms with van der Waals surface area (Å²) in [5, 5.41) is 16.0. The molecular weight excluding hydrogens is 396 g/mol. The van der Waals surface area contributed by atoms with Crippen molar-refractivity contribution in [3.05, 3.63) is 82.3 Å². The highest BCUT2D eigenvalue weighted by Gasteiger charge is 2.22. The van der Waals surface area contributed by atoms with Crippen LogP contribution in [0.1, 0.15) is 69.2 Å². The minimum absolute atomic E-state index is 0.207. The monoisotopic (exact) mass is 436 g/mol. The highest BCUT2D eigenvalue weighted by molar-refractivity contribution is 5.87. The highest BCUT2D eigenvalue weighted by Crippen LogP contribution is 2.27. The highest BCUT2D eigenvalue weighted by atomic mass is 16.3. The fourth-order valence-corrected chi connectivity index (χ4v) is 4.39. The van der Waals surface area contributed by atoms with Crippen molar-refractivity contribution < 1.29 is 9.90 Å². The molecule has 1 aliphatic rings. The number of allylic oxidation sites excluding steroid dienone is 4. The first-order valence-electron chi connectivity index (χ1n) is 12.0. The zero-order chi connectivity index (χ0) is 23.5. The molecule has 0 atom stereocenters. The van der Waals surface area contributed by atoms with Crippen molar-refractivity contribution in [2.45, 2.75) is 78.7 Å². The van der Waals surface area contributed by atoms with Crippen molar-refractivity contribution in [2.24, 2.45) is 0 Å². The van der Waals surface area contributed by atoms with Crippen LogP contribution in [-0.2, 0) is 30.5 Å². The molecule has 4 heteroatoms. The van der Waals surface area contributed by atoms with Crippen LogP contribution in [0.4, 0.5) is 0 Å². The Morgan fingerprint density at radius 3 is 2.22 bits per heavy atom. The Morgan fingerprint density at radius 1 is 1.09 bits per heavy atom. The van der Waals surface area contributed by atoms with Crippen LogP contribution < -0.4 is 10.6 Å². The molecule has 0 spiro atoms. The lowest BCUT2D eigenvalue weighted by Crippen LogP contribution is -2.30. The van der Waals surface area contributed by atoms with Crippen molar-refractivity contribution >= 4 is 5.91 Å². The van der Waals surface area contributed by atoms with Crippen LogP contribution in [0.3, 0.4) is 0 Å². The number of fused-ring (bicyclic) bond motifs is 1. The van der Waals surface area contributed by atoms with Crippen molar-refractivity contribution in [1.82, 2.24) is 10.6 Å². The van der Waals surface area contributed by atoms with Crippen molar-refractivity contribution in [3.63, 3.8) is 0 Å². The molecule has 174 valence electrons. The van der Waals surface area contributed by atoms with Crippen LogP contribution in [0.2, 0.25) is 0 Å². The molecule has 32 heavy (non-hydrogen) atoms. The first-order chi connectivity index (χ1) is 15.4. The van der Waals surface area contributed by atoms with E-state index in [4.69, 9.17) is 0 Å². The minimum Gasteiger partial charge on any atom is -0.513 e. The fourth-order valence-electron chi connectivity index (χ4n) is 4.39. The first-order valence-corrected chi connectivity index (χ1v) is 12.0. The molecule has 4 nitrogen and oxygen atoms in total. The standard InChI is InChI=1S/C28H40N2O2/c1-6-21-15-25-17-27(18-26(25)16-22(21)7-2)29-14-13-24(12-10-11-20(5)31)23(8-3)19-30-28(32)9-4/h9,11-12,15-16,19,27,29,31H,4,6-8,10,13-14,17-18H2,1-3,5H3,(H,30,32)/b20-11+,23-19+,24-12?. The van der Waals surface area contributed by atoms with Gasteiger partial charge in [-0.2, -0.15) is 0 Å². The number of rotatable bonds is 12. The fraction of sp³-hybridized carbons (Fsp3) is 0.464. The molecule has 0 heterocycles. The van der Waals surface area contributed by atoms with Gasteiger partial charge in [0.15, 0.2) is 0 Å². The number of carbonyl (C=O) groups excluding carboxylic acids is 1. The van der Waals surface area contributed by atoms with E-state index in [9.17, 15) is 9.90 Å². The quantitative estimate of drug-likeness (QED) is 0.226. The normalized spacial score (nSPS) is 15.1. The van der Waals surface area contributed by atoms with Crippen LogP contribution in [0, 0.1) is 0 Å². The molecule has 0 bridgehead atoms. The van der Waals surface area contributed by atoms with E-state index in [1.165, 1.54) is 33.9 Å². The molecule has 3 N–H and O–H groups in total. The average molecular weight is 437 g/mol. The molecule has 1 amide bonds. The summed E-state index contributed by atoms with van der Waals surface area (Å²) in [6.07, 6.45) is 13.7. The lowest BCUT2D eigenvalue weighted by molar-refractivity contribution is -0.115. The Kier molecular flexibility index (Phi) is 10.5. The maximum absolute atomic E-state index is 11.6. The molecule has 1 aromatic rings. The van der Waals surface area contributed by atoms with E-state index in [0.29, 0.717) is 18.2 Å². The number of aliphatic hydroxyl groups excluding tert-OH is 1. The van der Waals surface area contributed by atoms with Gasteiger partial charge in [0.05, 0.1) is 5.76 Å². The second kappa shape index (κ2) is 13.1. The van der Waals surface area contributed by atoms with E-state index in [0.717, 1.165) is 50.6 Å². The Morgan fingerprint density at radius 2 is 1.72 bits per heavy atom. The SMILES string of the molecule is C=CC(=O)N/C=C(\CC)C(=CC/C=C(\C)O)CCNC1Cc2cc(CC)c(CC)cc2C1. The van der Waals surface area contributed by atoms with Crippen LogP contribution in [0.5, 0.6) is 0 Å². The molecule has 0 fully saturated rings. The van der Waals surface area contributed by atoms with E-state index >= 15 is 0 Å². The summed E-state index contributed by atoms with van der Waals surface area (Å²) in [4.78, 5) is 11.6. The second-order valence-corrected chi connectivity index (χ2v) is 8.45. The third kappa shape index (κ3) is 7.52. The number of hydrogen-bond acceptors (Lipinski definition) is 3. The molecule has 1 aliphatic carbocycles. The van der Waals surface area contributed by atoms with Crippen molar-refractivity contribution in [3.8, 4) is 0 Å². The second-order valence-electron chi connectivity index (χ2n) is 8.45. The van der Waals surface area contributed by atoms with Gasteiger partial charge in [0.1, 0.15) is 0 Å². The van der Waals surface area contributed by atoms with Gasteiger partial charge in [-0.05, 0) is 104 Å². The lowest BCUT2D eigenvalue weighted by Gasteiger charge is -2.15. The number of benzene rings is 1. The zero-order valence-corrected chi connectivity index (χ0v) is 20.3. The number of amides is 1. The van der Waals surface area contributed by atoms with Gasteiger partial charge in [-0.3, -0.25) is 4.79 Å². The molecule has 0 aliphatic heterocycles. The minimum atomic E-state index is -0.207. The van der Waals surface area contributed by atoms with Gasteiger partial charge in [-0.1, -0.05) is 45.6 Å². The van der Waals surface area contributed by atoms with Gasteiger partial charge < -0.3 is 15.7 Å². The predicted octanol–water partition coefficient (Wildman–Crippen LogP) is 5.63. The van der Waals surface area contributed by atoms with Crippen LogP contribution >= 0.6 is 0 Å². The topological polar surface area (TPSA) is 61.4 Å². The van der Waals surface area contributed by atoms with Crippen molar-refractivity contribution in [1.29, 1.82) is 0 Å². The van der Waals surface area contributed by atoms with E-state index < -0.39 is 0 Å². The third-order valence-corrected chi connectivity index (χ3v) is 6.19.